The average molecular weight is 929 g/mol. The summed E-state index contributed by atoms with van der Waals surface area (Å²) >= 11 is 0. The Morgan fingerprint density at radius 3 is 1.66 bits per heavy atom. The zero-order chi connectivity index (χ0) is 48.0. The van der Waals surface area contributed by atoms with E-state index in [0.717, 1.165) is 72.7 Å². The maximum absolute atomic E-state index is 7.07. The molecule has 0 radical (unpaired) electrons. The molecule has 0 atom stereocenters. The van der Waals surface area contributed by atoms with Gasteiger partial charge in [-0.3, -0.25) is 0 Å². The van der Waals surface area contributed by atoms with Crippen LogP contribution >= 0.6 is 0 Å². The summed E-state index contributed by atoms with van der Waals surface area (Å²) in [6.07, 6.45) is 0. The molecule has 0 unspecified atom stereocenters. The second kappa shape index (κ2) is 16.4. The Balaban J connectivity index is 0.893. The number of hydrogen-bond donors (Lipinski definition) is 0. The van der Waals surface area contributed by atoms with E-state index in [1.807, 2.05) is 0 Å². The Bertz CT molecular complexity index is 4470. The van der Waals surface area contributed by atoms with Gasteiger partial charge in [0.2, 0.25) is 0 Å². The lowest BCUT2D eigenvalue weighted by Gasteiger charge is -2.34. The van der Waals surface area contributed by atoms with Crippen LogP contribution in [0.1, 0.15) is 0 Å². The SMILES string of the molecule is c1ccc(-c2cccc(N3c4ccc(-c5ccc6c(c5)c5ccc(-c7cccc8ccccc78)cc5n6-c5ccc(-c6c7ccccc7cc7ccccc67)cc5)cc4Oc4c3ccc3ccccc43)c2)cc1. The summed E-state index contributed by atoms with van der Waals surface area (Å²) in [5.41, 5.74) is 15.9. The van der Waals surface area contributed by atoms with E-state index in [-0.39, 0.29) is 0 Å². The largest absolute Gasteiger partial charge is 0.452 e. The summed E-state index contributed by atoms with van der Waals surface area (Å²) in [6, 6.07) is 97.3. The molecule has 14 aromatic rings. The highest BCUT2D eigenvalue weighted by molar-refractivity contribution is 6.14. The Kier molecular flexibility index (Phi) is 9.26. The zero-order valence-electron chi connectivity index (χ0n) is 39.7. The molecule has 0 spiro atoms. The van der Waals surface area contributed by atoms with Crippen molar-refractivity contribution in [2.75, 3.05) is 4.90 Å². The fraction of sp³-hybridized carbons (Fsp3) is 0. The van der Waals surface area contributed by atoms with Gasteiger partial charge in [-0.2, -0.15) is 0 Å². The molecule has 13 aromatic carbocycles. The molecule has 1 aliphatic heterocycles. The van der Waals surface area contributed by atoms with Gasteiger partial charge in [0, 0.05) is 27.5 Å². The molecule has 0 amide bonds. The van der Waals surface area contributed by atoms with E-state index in [0.29, 0.717) is 0 Å². The Hall–Kier alpha value is -9.70. The van der Waals surface area contributed by atoms with Crippen LogP contribution in [0.25, 0.3) is 115 Å². The van der Waals surface area contributed by atoms with Gasteiger partial charge in [0.15, 0.2) is 11.5 Å². The maximum atomic E-state index is 7.07. The molecular formula is C70H44N2O. The molecule has 0 bridgehead atoms. The first-order chi connectivity index (χ1) is 36.2. The topological polar surface area (TPSA) is 17.4 Å². The average Bonchev–Trinajstić information content (AvgIpc) is 3.78. The van der Waals surface area contributed by atoms with Crippen molar-refractivity contribution in [3.05, 3.63) is 267 Å². The molecule has 3 nitrogen and oxygen atoms in total. The van der Waals surface area contributed by atoms with E-state index in [4.69, 9.17) is 4.74 Å². The van der Waals surface area contributed by atoms with Crippen LogP contribution < -0.4 is 9.64 Å². The summed E-state index contributed by atoms with van der Waals surface area (Å²) < 4.78 is 9.52. The molecule has 2 heterocycles. The van der Waals surface area contributed by atoms with Gasteiger partial charge in [-0.1, -0.05) is 200 Å². The number of anilines is 3. The molecule has 3 heteroatoms. The van der Waals surface area contributed by atoms with Crippen molar-refractivity contribution in [2.24, 2.45) is 0 Å². The van der Waals surface area contributed by atoms with Crippen molar-refractivity contribution in [2.45, 2.75) is 0 Å². The summed E-state index contributed by atoms with van der Waals surface area (Å²) in [5.74, 6) is 1.67. The van der Waals surface area contributed by atoms with Gasteiger partial charge in [0.05, 0.1) is 22.4 Å². The minimum atomic E-state index is 0.813. The molecular weight excluding hydrogens is 885 g/mol. The highest BCUT2D eigenvalue weighted by atomic mass is 16.5. The number of ether oxygens (including phenoxy) is 1. The van der Waals surface area contributed by atoms with Crippen LogP contribution in [0.5, 0.6) is 11.5 Å². The first kappa shape index (κ1) is 41.1. The van der Waals surface area contributed by atoms with E-state index in [2.05, 4.69) is 276 Å². The van der Waals surface area contributed by atoms with E-state index in [1.54, 1.807) is 0 Å². The fourth-order valence-electron chi connectivity index (χ4n) is 11.7. The third kappa shape index (κ3) is 6.67. The number of nitrogens with zero attached hydrogens (tertiary/aromatic N) is 2. The molecule has 0 aliphatic carbocycles. The molecule has 1 aromatic heterocycles. The molecule has 15 rings (SSSR count). The Morgan fingerprint density at radius 2 is 0.863 bits per heavy atom. The highest BCUT2D eigenvalue weighted by Gasteiger charge is 2.28. The second-order valence-electron chi connectivity index (χ2n) is 19.2. The minimum Gasteiger partial charge on any atom is -0.452 e. The third-order valence-corrected chi connectivity index (χ3v) is 15.1. The smallest absolute Gasteiger partial charge is 0.159 e. The summed E-state index contributed by atoms with van der Waals surface area (Å²) in [4.78, 5) is 2.36. The number of fused-ring (bicyclic) bond motifs is 10. The van der Waals surface area contributed by atoms with Crippen LogP contribution in [-0.2, 0) is 0 Å². The van der Waals surface area contributed by atoms with Crippen molar-refractivity contribution < 1.29 is 4.74 Å². The van der Waals surface area contributed by atoms with Gasteiger partial charge >= 0.3 is 0 Å². The van der Waals surface area contributed by atoms with Crippen molar-refractivity contribution >= 4 is 82.0 Å². The van der Waals surface area contributed by atoms with E-state index < -0.39 is 0 Å². The quantitative estimate of drug-likeness (QED) is 0.155. The molecule has 1 aliphatic rings. The van der Waals surface area contributed by atoms with Gasteiger partial charge < -0.3 is 14.2 Å². The van der Waals surface area contributed by atoms with Gasteiger partial charge in [0.25, 0.3) is 0 Å². The summed E-state index contributed by atoms with van der Waals surface area (Å²) in [5, 5.41) is 12.1. The van der Waals surface area contributed by atoms with Crippen molar-refractivity contribution in [3.8, 4) is 61.7 Å². The number of benzene rings is 13. The van der Waals surface area contributed by atoms with E-state index in [9.17, 15) is 0 Å². The predicted octanol–water partition coefficient (Wildman–Crippen LogP) is 19.6. The minimum absolute atomic E-state index is 0.813. The lowest BCUT2D eigenvalue weighted by Crippen LogP contribution is -2.16. The van der Waals surface area contributed by atoms with Crippen LogP contribution in [0, 0.1) is 0 Å². The first-order valence-electron chi connectivity index (χ1n) is 25.1. The standard InChI is InChI=1S/C70H44N2O/c1-2-14-45(15-3-1)49-21-12-22-56(41-49)72-65-38-33-51(44-68(65)73-70-61-26-11-5-17-47(61)31-39-66(70)72)50-32-37-64-63(42-50)62-36-30-54(58-27-13-20-46-16-4-8-23-57(46)58)43-67(62)71(64)55-34-28-48(29-35-55)69-59-24-9-6-18-52(59)40-53-19-7-10-25-60(53)69/h1-44H. The number of hydrogen-bond acceptors (Lipinski definition) is 2. The fourth-order valence-corrected chi connectivity index (χ4v) is 11.7. The monoisotopic (exact) mass is 928 g/mol. The normalized spacial score (nSPS) is 12.2. The van der Waals surface area contributed by atoms with Crippen molar-refractivity contribution in [1.82, 2.24) is 4.57 Å². The molecule has 73 heavy (non-hydrogen) atoms. The van der Waals surface area contributed by atoms with Crippen LogP contribution in [-0.4, -0.2) is 4.57 Å². The number of rotatable bonds is 6. The van der Waals surface area contributed by atoms with E-state index in [1.165, 1.54) is 70.9 Å². The molecule has 0 saturated carbocycles. The highest BCUT2D eigenvalue weighted by Crippen LogP contribution is 2.54. The van der Waals surface area contributed by atoms with E-state index >= 15 is 0 Å². The van der Waals surface area contributed by atoms with Gasteiger partial charge in [-0.15, -0.1) is 0 Å². The zero-order valence-corrected chi connectivity index (χ0v) is 39.7. The van der Waals surface area contributed by atoms with Crippen LogP contribution in [0.15, 0.2) is 267 Å². The molecule has 0 fully saturated rings. The van der Waals surface area contributed by atoms with Crippen molar-refractivity contribution in [3.63, 3.8) is 0 Å². The van der Waals surface area contributed by atoms with Crippen molar-refractivity contribution in [1.29, 1.82) is 0 Å². The molecule has 340 valence electrons. The van der Waals surface area contributed by atoms with Crippen LogP contribution in [0.3, 0.4) is 0 Å². The molecule has 0 saturated heterocycles. The van der Waals surface area contributed by atoms with Crippen LogP contribution in [0.4, 0.5) is 17.1 Å². The van der Waals surface area contributed by atoms with Gasteiger partial charge in [0.1, 0.15) is 0 Å². The van der Waals surface area contributed by atoms with Gasteiger partial charge in [-0.05, 0) is 149 Å². The first-order valence-corrected chi connectivity index (χ1v) is 25.1. The maximum Gasteiger partial charge on any atom is 0.159 e. The Morgan fingerprint density at radius 1 is 0.274 bits per heavy atom. The lowest BCUT2D eigenvalue weighted by molar-refractivity contribution is 0.483. The summed E-state index contributed by atoms with van der Waals surface area (Å²) in [6.45, 7) is 0. The molecule has 0 N–H and O–H groups in total. The number of aromatic nitrogens is 1. The second-order valence-corrected chi connectivity index (χ2v) is 19.2. The third-order valence-electron chi connectivity index (χ3n) is 15.1. The predicted molar refractivity (Wildman–Crippen MR) is 307 cm³/mol. The van der Waals surface area contributed by atoms with Crippen LogP contribution in [0.2, 0.25) is 0 Å². The Labute approximate surface area is 422 Å². The summed E-state index contributed by atoms with van der Waals surface area (Å²) in [7, 11) is 0. The lowest BCUT2D eigenvalue weighted by atomic mass is 9.92. The van der Waals surface area contributed by atoms with Gasteiger partial charge in [-0.25, -0.2) is 0 Å².